The van der Waals surface area contributed by atoms with Crippen LogP contribution in [0.2, 0.25) is 0 Å². The average Bonchev–Trinajstić information content (AvgIpc) is 3.19. The predicted molar refractivity (Wildman–Crippen MR) is 122 cm³/mol. The zero-order chi connectivity index (χ0) is 19.8. The minimum Gasteiger partial charge on any atom is -0.340 e. The molecule has 1 saturated heterocycles. The second kappa shape index (κ2) is 7.69. The number of amides is 1. The largest absolute Gasteiger partial charge is 0.340 e. The molecule has 0 unspecified atom stereocenters. The number of para-hydroxylation sites is 1. The smallest absolute Gasteiger partial charge is 0.271 e. The average molecular weight is 430 g/mol. The van der Waals surface area contributed by atoms with Crippen molar-refractivity contribution in [3.8, 4) is 0 Å². The first-order chi connectivity index (χ1) is 13.5. The van der Waals surface area contributed by atoms with Crippen LogP contribution in [0.4, 0.5) is 5.69 Å². The molecule has 8 heteroatoms. The van der Waals surface area contributed by atoms with Crippen LogP contribution >= 0.6 is 35.3 Å². The van der Waals surface area contributed by atoms with Crippen molar-refractivity contribution in [1.29, 1.82) is 0 Å². The number of carbonyl (C=O) groups excluding carboxylic acids is 1. The molecule has 0 aliphatic carbocycles. The third-order valence-corrected chi connectivity index (χ3v) is 7.19. The minimum atomic E-state index is -0.227. The Balaban J connectivity index is 2.04. The van der Waals surface area contributed by atoms with Gasteiger partial charge in [0.2, 0.25) is 0 Å². The van der Waals surface area contributed by atoms with E-state index in [-0.39, 0.29) is 11.5 Å². The number of aromatic nitrogens is 1. The van der Waals surface area contributed by atoms with E-state index in [0.29, 0.717) is 25.0 Å². The molecule has 0 atom stereocenters. The first kappa shape index (κ1) is 19.2. The Kier molecular flexibility index (Phi) is 5.27. The molecule has 3 heterocycles. The monoisotopic (exact) mass is 429 g/mol. The van der Waals surface area contributed by atoms with Crippen LogP contribution in [0.5, 0.6) is 0 Å². The van der Waals surface area contributed by atoms with Crippen LogP contribution in [-0.2, 0) is 11.3 Å². The number of fused-ring (bicyclic) bond motifs is 1. The molecule has 1 N–H and O–H groups in total. The highest BCUT2D eigenvalue weighted by molar-refractivity contribution is 8.30. The van der Waals surface area contributed by atoms with Crippen molar-refractivity contribution in [2.24, 2.45) is 0 Å². The summed E-state index contributed by atoms with van der Waals surface area (Å²) in [6.45, 7) is 5.40. The van der Waals surface area contributed by atoms with Crippen LogP contribution in [0.15, 0.2) is 35.1 Å². The lowest BCUT2D eigenvalue weighted by Gasteiger charge is -2.28. The van der Waals surface area contributed by atoms with Crippen LogP contribution in [0.1, 0.15) is 25.8 Å². The summed E-state index contributed by atoms with van der Waals surface area (Å²) in [5, 5.41) is 2.65. The van der Waals surface area contributed by atoms with Crippen molar-refractivity contribution in [3.05, 3.63) is 55.5 Å². The molecule has 5 nitrogen and oxygen atoms in total. The zero-order valence-electron chi connectivity index (χ0n) is 15.5. The number of likely N-dealkylation sites (N-methyl/N-ethyl adjacent to an activating group) is 1. The van der Waals surface area contributed by atoms with Crippen molar-refractivity contribution < 1.29 is 4.79 Å². The lowest BCUT2D eigenvalue weighted by molar-refractivity contribution is -0.113. The van der Waals surface area contributed by atoms with Gasteiger partial charge in [0.05, 0.1) is 5.70 Å². The van der Waals surface area contributed by atoms with Gasteiger partial charge >= 0.3 is 0 Å². The maximum absolute atomic E-state index is 13.3. The number of nitrogens with one attached hydrogen (secondary N) is 1. The molecule has 0 bridgehead atoms. The Morgan fingerprint density at radius 2 is 1.93 bits per heavy atom. The third-order valence-electron chi connectivity index (χ3n) is 4.63. The Labute approximate surface area is 176 Å². The number of thiocarbonyl (C=S) groups is 1. The number of thiazole rings is 1. The molecule has 1 aromatic heterocycles. The van der Waals surface area contributed by atoms with Gasteiger partial charge in [-0.1, -0.05) is 55.2 Å². The molecule has 0 spiro atoms. The van der Waals surface area contributed by atoms with Gasteiger partial charge < -0.3 is 10.2 Å². The highest BCUT2D eigenvalue weighted by atomic mass is 32.2. The molecule has 2 aliphatic rings. The quantitative estimate of drug-likeness (QED) is 0.759. The molecule has 2 aliphatic heterocycles. The van der Waals surface area contributed by atoms with E-state index >= 15 is 0 Å². The minimum absolute atomic E-state index is 0.0574. The number of carbonyl (C=O) groups is 1. The summed E-state index contributed by atoms with van der Waals surface area (Å²) in [6.07, 6.45) is 4.84. The van der Waals surface area contributed by atoms with Crippen molar-refractivity contribution in [2.45, 2.75) is 26.8 Å². The molecule has 1 amide bonds. The normalized spacial score (nSPS) is 19.9. The van der Waals surface area contributed by atoms with E-state index in [4.69, 9.17) is 12.2 Å². The van der Waals surface area contributed by atoms with E-state index in [1.165, 1.54) is 23.1 Å². The summed E-state index contributed by atoms with van der Waals surface area (Å²) in [4.78, 5) is 28.3. The molecular formula is C20H19N3O2S3. The van der Waals surface area contributed by atoms with Crippen LogP contribution in [0.3, 0.4) is 0 Å². The maximum atomic E-state index is 13.3. The van der Waals surface area contributed by atoms with Gasteiger partial charge in [-0.15, -0.1) is 11.3 Å². The van der Waals surface area contributed by atoms with E-state index in [1.807, 2.05) is 31.2 Å². The molecule has 144 valence electrons. The summed E-state index contributed by atoms with van der Waals surface area (Å²) in [5.74, 6) is -0.227. The number of anilines is 1. The summed E-state index contributed by atoms with van der Waals surface area (Å²) >= 11 is 7.73. The van der Waals surface area contributed by atoms with Crippen LogP contribution in [0.25, 0.3) is 16.7 Å². The predicted octanol–water partition coefficient (Wildman–Crippen LogP) is 2.24. The molecule has 2 aromatic rings. The number of nitrogens with zero attached hydrogens (tertiary/aromatic N) is 2. The van der Waals surface area contributed by atoms with Crippen molar-refractivity contribution in [3.63, 3.8) is 0 Å². The van der Waals surface area contributed by atoms with Crippen LogP contribution < -0.4 is 25.0 Å². The van der Waals surface area contributed by atoms with Gasteiger partial charge in [-0.05, 0) is 31.1 Å². The van der Waals surface area contributed by atoms with E-state index in [0.717, 1.165) is 29.9 Å². The molecule has 0 saturated carbocycles. The maximum Gasteiger partial charge on any atom is 0.271 e. The molecule has 1 fully saturated rings. The molecule has 28 heavy (non-hydrogen) atoms. The Morgan fingerprint density at radius 3 is 2.61 bits per heavy atom. The fraction of sp³-hybridized carbons (Fsp3) is 0.250. The van der Waals surface area contributed by atoms with Gasteiger partial charge in [0.15, 0.2) is 0 Å². The SMILES string of the molecule is CCCn1c(=O)/c(=C2/C=Cc3ccccc3N2CC)s/c1=C1\SC(=S)NC1=O. The first-order valence-corrected chi connectivity index (χ1v) is 11.1. The fourth-order valence-electron chi connectivity index (χ4n) is 3.42. The first-order valence-electron chi connectivity index (χ1n) is 9.11. The van der Waals surface area contributed by atoms with Crippen molar-refractivity contribution in [2.75, 3.05) is 11.4 Å². The second-order valence-electron chi connectivity index (χ2n) is 6.39. The van der Waals surface area contributed by atoms with Crippen molar-refractivity contribution in [1.82, 2.24) is 9.88 Å². The topological polar surface area (TPSA) is 54.3 Å². The third kappa shape index (κ3) is 3.15. The van der Waals surface area contributed by atoms with Crippen LogP contribution in [0, 0.1) is 0 Å². The van der Waals surface area contributed by atoms with Crippen LogP contribution in [-0.4, -0.2) is 21.3 Å². The van der Waals surface area contributed by atoms with Gasteiger partial charge in [0.1, 0.15) is 18.4 Å². The molecule has 0 radical (unpaired) electrons. The van der Waals surface area contributed by atoms with Gasteiger partial charge in [0.25, 0.3) is 11.5 Å². The van der Waals surface area contributed by atoms with E-state index in [1.54, 1.807) is 4.57 Å². The van der Waals surface area contributed by atoms with Gasteiger partial charge in [-0.3, -0.25) is 14.2 Å². The fourth-order valence-corrected chi connectivity index (χ4v) is 5.83. The highest BCUT2D eigenvalue weighted by Gasteiger charge is 2.26. The number of hydrogen-bond acceptors (Lipinski definition) is 6. The molecular weight excluding hydrogens is 410 g/mol. The summed E-state index contributed by atoms with van der Waals surface area (Å²) in [5.41, 5.74) is 3.03. The lowest BCUT2D eigenvalue weighted by atomic mass is 10.1. The summed E-state index contributed by atoms with van der Waals surface area (Å²) < 4.78 is 3.47. The Bertz CT molecular complexity index is 1190. The van der Waals surface area contributed by atoms with Gasteiger partial charge in [0, 0.05) is 18.8 Å². The number of hydrogen-bond donors (Lipinski definition) is 1. The van der Waals surface area contributed by atoms with E-state index < -0.39 is 0 Å². The number of rotatable bonds is 3. The van der Waals surface area contributed by atoms with E-state index in [9.17, 15) is 9.59 Å². The standard InChI is InChI=1S/C20H19N3O2S3/c1-3-11-23-18(25)15(27-19(23)16-17(24)21-20(26)28-16)14-10-9-12-7-5-6-8-13(12)22(14)4-2/h5-10H,3-4,11H2,1-2H3,(H,21,24,26)/b15-14+,19-16-. The zero-order valence-corrected chi connectivity index (χ0v) is 18.0. The summed E-state index contributed by atoms with van der Waals surface area (Å²) in [6, 6.07) is 8.14. The number of benzene rings is 1. The highest BCUT2D eigenvalue weighted by Crippen LogP contribution is 2.30. The van der Waals surface area contributed by atoms with Gasteiger partial charge in [-0.2, -0.15) is 0 Å². The Hall–Kier alpha value is -2.16. The lowest BCUT2D eigenvalue weighted by Crippen LogP contribution is -2.37. The Morgan fingerprint density at radius 1 is 1.14 bits per heavy atom. The van der Waals surface area contributed by atoms with E-state index in [2.05, 4.69) is 29.3 Å². The van der Waals surface area contributed by atoms with Gasteiger partial charge in [-0.25, -0.2) is 0 Å². The molecule has 4 rings (SSSR count). The summed E-state index contributed by atoms with van der Waals surface area (Å²) in [7, 11) is 0. The number of thioether (sulfide) groups is 1. The second-order valence-corrected chi connectivity index (χ2v) is 9.07. The molecule has 1 aromatic carbocycles. The van der Waals surface area contributed by atoms with Crippen molar-refractivity contribution >= 4 is 67.9 Å².